The van der Waals surface area contributed by atoms with Crippen molar-refractivity contribution in [2.75, 3.05) is 5.33 Å². The van der Waals surface area contributed by atoms with Crippen LogP contribution in [0, 0.1) is 0 Å². The zero-order valence-corrected chi connectivity index (χ0v) is 14.7. The summed E-state index contributed by atoms with van der Waals surface area (Å²) in [6, 6.07) is 1.38. The molecule has 3 nitrogen and oxygen atoms in total. The zero-order chi connectivity index (χ0) is 14.0. The standard InChI is InChI=1S/C10H14BrCl2NO2S2/c1-3-10(4-2,6-11)14-18(15,16)7-5-8(12)17-9(7)13/h5,14H,3-4,6H2,1-2H3. The third-order valence-corrected chi connectivity index (χ3v) is 7.28. The van der Waals surface area contributed by atoms with E-state index in [-0.39, 0.29) is 9.23 Å². The van der Waals surface area contributed by atoms with Crippen LogP contribution in [-0.2, 0) is 10.0 Å². The lowest BCUT2D eigenvalue weighted by Crippen LogP contribution is -2.48. The maximum atomic E-state index is 12.3. The quantitative estimate of drug-likeness (QED) is 0.731. The van der Waals surface area contributed by atoms with Gasteiger partial charge in [-0.1, -0.05) is 53.0 Å². The van der Waals surface area contributed by atoms with Crippen LogP contribution in [-0.4, -0.2) is 19.3 Å². The van der Waals surface area contributed by atoms with Crippen molar-refractivity contribution in [3.63, 3.8) is 0 Å². The summed E-state index contributed by atoms with van der Waals surface area (Å²) in [4.78, 5) is 0.0476. The molecule has 0 fully saturated rings. The number of hydrogen-bond donors (Lipinski definition) is 1. The highest BCUT2D eigenvalue weighted by Gasteiger charge is 2.32. The molecule has 1 rings (SSSR count). The second-order valence-corrected chi connectivity index (χ2v) is 8.41. The average Bonchev–Trinajstić information content (AvgIpc) is 2.66. The number of alkyl halides is 1. The Morgan fingerprint density at radius 1 is 1.39 bits per heavy atom. The molecule has 8 heteroatoms. The summed E-state index contributed by atoms with van der Waals surface area (Å²) in [5.41, 5.74) is -0.503. The predicted octanol–water partition coefficient (Wildman–Crippen LogP) is 4.29. The van der Waals surface area contributed by atoms with E-state index < -0.39 is 15.6 Å². The molecule has 104 valence electrons. The van der Waals surface area contributed by atoms with Gasteiger partial charge >= 0.3 is 0 Å². The maximum Gasteiger partial charge on any atom is 0.243 e. The van der Waals surface area contributed by atoms with Crippen molar-refractivity contribution in [1.82, 2.24) is 4.72 Å². The Labute approximate surface area is 130 Å². The van der Waals surface area contributed by atoms with Crippen molar-refractivity contribution in [1.29, 1.82) is 0 Å². The van der Waals surface area contributed by atoms with Crippen LogP contribution in [0.4, 0.5) is 0 Å². The normalized spacial score (nSPS) is 12.9. The maximum absolute atomic E-state index is 12.3. The summed E-state index contributed by atoms with van der Waals surface area (Å²) in [6.45, 7) is 3.88. The summed E-state index contributed by atoms with van der Waals surface area (Å²) in [7, 11) is -3.65. The molecule has 0 atom stereocenters. The van der Waals surface area contributed by atoms with Gasteiger partial charge in [0, 0.05) is 10.9 Å². The lowest BCUT2D eigenvalue weighted by molar-refractivity contribution is 0.399. The highest BCUT2D eigenvalue weighted by atomic mass is 79.9. The fourth-order valence-electron chi connectivity index (χ4n) is 1.46. The van der Waals surface area contributed by atoms with E-state index in [0.29, 0.717) is 22.5 Å². The van der Waals surface area contributed by atoms with Crippen LogP contribution in [0.25, 0.3) is 0 Å². The zero-order valence-electron chi connectivity index (χ0n) is 9.97. The summed E-state index contributed by atoms with van der Waals surface area (Å²) >= 11 is 16.1. The van der Waals surface area contributed by atoms with Crippen LogP contribution in [0.2, 0.25) is 8.67 Å². The number of rotatable bonds is 6. The first-order chi connectivity index (χ1) is 8.30. The first-order valence-electron chi connectivity index (χ1n) is 5.35. The van der Waals surface area contributed by atoms with E-state index in [9.17, 15) is 8.42 Å². The molecule has 18 heavy (non-hydrogen) atoms. The summed E-state index contributed by atoms with van der Waals surface area (Å²) in [5, 5.41) is 0.543. The summed E-state index contributed by atoms with van der Waals surface area (Å²) < 4.78 is 27.8. The highest BCUT2D eigenvalue weighted by molar-refractivity contribution is 9.09. The Kier molecular flexibility index (Phi) is 5.96. The molecule has 0 unspecified atom stereocenters. The molecule has 0 spiro atoms. The van der Waals surface area contributed by atoms with E-state index in [1.165, 1.54) is 6.07 Å². The number of thiophene rings is 1. The second kappa shape index (κ2) is 6.41. The van der Waals surface area contributed by atoms with Crippen LogP contribution in [0.1, 0.15) is 26.7 Å². The fourth-order valence-corrected chi connectivity index (χ4v) is 6.27. The van der Waals surface area contributed by atoms with Gasteiger partial charge in [-0.25, -0.2) is 13.1 Å². The van der Waals surface area contributed by atoms with Gasteiger partial charge in [0.2, 0.25) is 10.0 Å². The average molecular weight is 395 g/mol. The van der Waals surface area contributed by atoms with Gasteiger partial charge in [0.05, 0.1) is 4.34 Å². The number of sulfonamides is 1. The topological polar surface area (TPSA) is 46.2 Å². The monoisotopic (exact) mass is 393 g/mol. The van der Waals surface area contributed by atoms with Gasteiger partial charge in [0.25, 0.3) is 0 Å². The molecule has 0 amide bonds. The van der Waals surface area contributed by atoms with E-state index in [0.717, 1.165) is 11.3 Å². The predicted molar refractivity (Wildman–Crippen MR) is 81.8 cm³/mol. The number of nitrogens with one attached hydrogen (secondary N) is 1. The molecule has 0 aliphatic heterocycles. The van der Waals surface area contributed by atoms with Gasteiger partial charge in [-0.15, -0.1) is 11.3 Å². The van der Waals surface area contributed by atoms with Crippen molar-refractivity contribution >= 4 is 60.5 Å². The SMILES string of the molecule is CCC(CC)(CBr)NS(=O)(=O)c1cc(Cl)sc1Cl. The Bertz CT molecular complexity index is 504. The van der Waals surface area contributed by atoms with Crippen LogP contribution in [0.15, 0.2) is 11.0 Å². The minimum absolute atomic E-state index is 0.0476. The Morgan fingerprint density at radius 2 is 1.94 bits per heavy atom. The Hall–Kier alpha value is 0.670. The van der Waals surface area contributed by atoms with Crippen LogP contribution < -0.4 is 4.72 Å². The van der Waals surface area contributed by atoms with Crippen LogP contribution in [0.3, 0.4) is 0 Å². The second-order valence-electron chi connectivity index (χ2n) is 3.92. The van der Waals surface area contributed by atoms with Gasteiger partial charge < -0.3 is 0 Å². The third kappa shape index (κ3) is 3.61. The van der Waals surface area contributed by atoms with Gasteiger partial charge in [-0.2, -0.15) is 0 Å². The van der Waals surface area contributed by atoms with E-state index in [1.807, 2.05) is 13.8 Å². The molecule has 0 aromatic carbocycles. The van der Waals surface area contributed by atoms with Crippen molar-refractivity contribution in [2.24, 2.45) is 0 Å². The van der Waals surface area contributed by atoms with E-state index in [4.69, 9.17) is 23.2 Å². The largest absolute Gasteiger partial charge is 0.243 e. The lowest BCUT2D eigenvalue weighted by Gasteiger charge is -2.30. The van der Waals surface area contributed by atoms with Crippen LogP contribution in [0.5, 0.6) is 0 Å². The minimum atomic E-state index is -3.65. The number of hydrogen-bond acceptors (Lipinski definition) is 3. The first-order valence-corrected chi connectivity index (χ1v) is 9.52. The van der Waals surface area contributed by atoms with E-state index in [1.54, 1.807) is 0 Å². The molecular formula is C10H14BrCl2NO2S2. The molecule has 1 heterocycles. The van der Waals surface area contributed by atoms with Crippen molar-refractivity contribution < 1.29 is 8.42 Å². The van der Waals surface area contributed by atoms with Crippen molar-refractivity contribution in [2.45, 2.75) is 37.1 Å². The molecule has 0 saturated carbocycles. The molecule has 1 aromatic heterocycles. The molecule has 1 aromatic rings. The smallest absolute Gasteiger partial charge is 0.207 e. The molecule has 0 aliphatic rings. The molecule has 1 N–H and O–H groups in total. The van der Waals surface area contributed by atoms with Gasteiger partial charge in [-0.05, 0) is 18.9 Å². The van der Waals surface area contributed by atoms with Gasteiger partial charge in [0.15, 0.2) is 0 Å². The van der Waals surface area contributed by atoms with E-state index >= 15 is 0 Å². The van der Waals surface area contributed by atoms with E-state index in [2.05, 4.69) is 20.7 Å². The Morgan fingerprint density at radius 3 is 2.28 bits per heavy atom. The highest BCUT2D eigenvalue weighted by Crippen LogP contribution is 2.35. The van der Waals surface area contributed by atoms with Gasteiger partial charge in [-0.3, -0.25) is 0 Å². The number of halogens is 3. The van der Waals surface area contributed by atoms with Crippen LogP contribution >= 0.6 is 50.5 Å². The molecule has 0 aliphatic carbocycles. The molecule has 0 radical (unpaired) electrons. The minimum Gasteiger partial charge on any atom is -0.207 e. The molecule has 0 saturated heterocycles. The third-order valence-electron chi connectivity index (χ3n) is 2.88. The first kappa shape index (κ1) is 16.7. The fraction of sp³-hybridized carbons (Fsp3) is 0.600. The summed E-state index contributed by atoms with van der Waals surface area (Å²) in [6.07, 6.45) is 1.37. The lowest BCUT2D eigenvalue weighted by atomic mass is 9.97. The van der Waals surface area contributed by atoms with Crippen molar-refractivity contribution in [3.05, 3.63) is 14.7 Å². The summed E-state index contributed by atoms with van der Waals surface area (Å²) in [5.74, 6) is 0. The Balaban J connectivity index is 3.12. The van der Waals surface area contributed by atoms with Gasteiger partial charge in [0.1, 0.15) is 9.23 Å². The molecular weight excluding hydrogens is 381 g/mol. The van der Waals surface area contributed by atoms with Crippen molar-refractivity contribution in [3.8, 4) is 0 Å². The molecule has 0 bridgehead atoms.